The van der Waals surface area contributed by atoms with Crippen molar-refractivity contribution in [3.8, 4) is 5.75 Å². The van der Waals surface area contributed by atoms with Crippen LogP contribution in [0.4, 0.5) is 0 Å². The zero-order valence-corrected chi connectivity index (χ0v) is 24.5. The molecule has 2 saturated heterocycles. The number of carbonyl (C=O) groups is 2. The van der Waals surface area contributed by atoms with Crippen molar-refractivity contribution in [3.63, 3.8) is 0 Å². The van der Waals surface area contributed by atoms with Gasteiger partial charge in [0.15, 0.2) is 5.65 Å². The fourth-order valence-electron chi connectivity index (χ4n) is 5.80. The van der Waals surface area contributed by atoms with Crippen molar-refractivity contribution >= 4 is 23.5 Å². The van der Waals surface area contributed by atoms with Gasteiger partial charge in [-0.1, -0.05) is 26.0 Å². The second kappa shape index (κ2) is 14.3. The standard InChI is InChI=1S/C17H22N2O3.C12H16N4O.C2H6/c20-11-18-16-7-6-14(13-2-1-3-15(21)8-13)10-19(17(16)22)9-12-4-5-12;1-15-7-4-9(5-8-15)16-10-3-2-6-13-11(10)14-12(16)17;1-2/h1-3,8,11-12,14,16,21H,4-7,9-10H2,(H,18,20);2-3,6,9H,4-5,7-8H2,1H3,(H,13,14,17);1-2H3. The molecule has 2 atom stereocenters. The van der Waals surface area contributed by atoms with Gasteiger partial charge in [-0.05, 0) is 94.4 Å². The predicted molar refractivity (Wildman–Crippen MR) is 160 cm³/mol. The maximum absolute atomic E-state index is 12.6. The molecule has 3 aromatic rings. The number of pyridine rings is 1. The van der Waals surface area contributed by atoms with Crippen LogP contribution in [-0.2, 0) is 9.59 Å². The number of likely N-dealkylation sites (tertiary alicyclic amines) is 2. The summed E-state index contributed by atoms with van der Waals surface area (Å²) in [5, 5.41) is 12.3. The Labute approximate surface area is 241 Å². The molecule has 41 heavy (non-hydrogen) atoms. The molecule has 222 valence electrons. The summed E-state index contributed by atoms with van der Waals surface area (Å²) in [6, 6.07) is 11.0. The topological polar surface area (TPSA) is 124 Å². The highest BCUT2D eigenvalue weighted by Gasteiger charge is 2.35. The van der Waals surface area contributed by atoms with E-state index >= 15 is 0 Å². The van der Waals surface area contributed by atoms with E-state index in [2.05, 4.69) is 27.2 Å². The minimum Gasteiger partial charge on any atom is -0.508 e. The van der Waals surface area contributed by atoms with Gasteiger partial charge in [-0.2, -0.15) is 0 Å². The largest absolute Gasteiger partial charge is 0.508 e. The van der Waals surface area contributed by atoms with Crippen molar-refractivity contribution in [3.05, 3.63) is 58.6 Å². The van der Waals surface area contributed by atoms with E-state index in [9.17, 15) is 19.5 Å². The van der Waals surface area contributed by atoms with E-state index in [0.717, 1.165) is 50.0 Å². The van der Waals surface area contributed by atoms with Gasteiger partial charge in [-0.25, -0.2) is 9.78 Å². The Kier molecular flexibility index (Phi) is 10.6. The highest BCUT2D eigenvalue weighted by atomic mass is 16.3. The van der Waals surface area contributed by atoms with Crippen molar-refractivity contribution in [2.75, 3.05) is 33.2 Å². The molecular weight excluding hydrogens is 520 g/mol. The van der Waals surface area contributed by atoms with Gasteiger partial charge in [-0.3, -0.25) is 19.1 Å². The van der Waals surface area contributed by atoms with Gasteiger partial charge in [0.25, 0.3) is 0 Å². The number of aromatic amines is 1. The van der Waals surface area contributed by atoms with Crippen LogP contribution in [0.1, 0.15) is 69.9 Å². The molecule has 3 fully saturated rings. The van der Waals surface area contributed by atoms with Crippen molar-refractivity contribution in [2.24, 2.45) is 5.92 Å². The van der Waals surface area contributed by atoms with Crippen LogP contribution in [0.25, 0.3) is 11.2 Å². The van der Waals surface area contributed by atoms with E-state index in [1.165, 1.54) is 12.8 Å². The molecule has 0 radical (unpaired) electrons. The Morgan fingerprint density at radius 1 is 1.05 bits per heavy atom. The summed E-state index contributed by atoms with van der Waals surface area (Å²) in [6.07, 6.45) is 8.21. The summed E-state index contributed by atoms with van der Waals surface area (Å²) in [5.41, 5.74) is 2.64. The third-order valence-electron chi connectivity index (χ3n) is 8.18. The molecule has 3 N–H and O–H groups in total. The quantitative estimate of drug-likeness (QED) is 0.393. The number of nitrogens with one attached hydrogen (secondary N) is 2. The molecule has 1 aliphatic carbocycles. The van der Waals surface area contributed by atoms with E-state index in [1.54, 1.807) is 18.3 Å². The zero-order chi connectivity index (χ0) is 29.4. The number of aromatic hydroxyl groups is 1. The lowest BCUT2D eigenvalue weighted by molar-refractivity contribution is -0.134. The van der Waals surface area contributed by atoms with E-state index < -0.39 is 6.04 Å². The van der Waals surface area contributed by atoms with Crippen molar-refractivity contribution in [2.45, 2.75) is 70.4 Å². The lowest BCUT2D eigenvalue weighted by Crippen LogP contribution is -2.45. The Bertz CT molecular complexity index is 1340. The molecule has 10 nitrogen and oxygen atoms in total. The molecule has 2 unspecified atom stereocenters. The molecule has 2 amide bonds. The van der Waals surface area contributed by atoms with Crippen LogP contribution < -0.4 is 11.0 Å². The predicted octanol–water partition coefficient (Wildman–Crippen LogP) is 3.64. The molecule has 1 saturated carbocycles. The third-order valence-corrected chi connectivity index (χ3v) is 8.18. The first-order valence-corrected chi connectivity index (χ1v) is 14.9. The summed E-state index contributed by atoms with van der Waals surface area (Å²) >= 11 is 0. The first kappa shape index (κ1) is 30.3. The molecule has 6 rings (SSSR count). The number of amides is 2. The molecule has 10 heteroatoms. The highest BCUT2D eigenvalue weighted by molar-refractivity contribution is 5.84. The summed E-state index contributed by atoms with van der Waals surface area (Å²) in [4.78, 5) is 46.5. The number of phenolic OH excluding ortho intramolecular Hbond substituents is 1. The highest BCUT2D eigenvalue weighted by Crippen LogP contribution is 2.34. The number of phenols is 1. The Morgan fingerprint density at radius 2 is 1.80 bits per heavy atom. The number of piperidine rings is 1. The number of imidazole rings is 1. The number of hydrogen-bond donors (Lipinski definition) is 3. The molecule has 1 aromatic carbocycles. The third kappa shape index (κ3) is 7.75. The number of rotatable bonds is 6. The van der Waals surface area contributed by atoms with Gasteiger partial charge in [-0.15, -0.1) is 0 Å². The van der Waals surface area contributed by atoms with Gasteiger partial charge in [0.05, 0.1) is 5.52 Å². The number of fused-ring (bicyclic) bond motifs is 1. The van der Waals surface area contributed by atoms with Crippen LogP contribution in [0.5, 0.6) is 5.75 Å². The van der Waals surface area contributed by atoms with Crippen LogP contribution in [0, 0.1) is 5.92 Å². The summed E-state index contributed by atoms with van der Waals surface area (Å²) in [6.45, 7) is 7.54. The van der Waals surface area contributed by atoms with Crippen LogP contribution in [0.15, 0.2) is 47.4 Å². The monoisotopic (exact) mass is 564 g/mol. The minimum atomic E-state index is -0.418. The molecular formula is C31H44N6O4. The van der Waals surface area contributed by atoms with Gasteiger partial charge in [0.1, 0.15) is 11.8 Å². The van der Waals surface area contributed by atoms with Crippen LogP contribution in [0.2, 0.25) is 0 Å². The average molecular weight is 565 g/mol. The number of aromatic nitrogens is 3. The molecule has 2 aromatic heterocycles. The van der Waals surface area contributed by atoms with Crippen LogP contribution in [0.3, 0.4) is 0 Å². The van der Waals surface area contributed by atoms with Gasteiger partial charge >= 0.3 is 5.69 Å². The number of benzene rings is 1. The number of hydrogen-bond acceptors (Lipinski definition) is 6. The number of H-pyrrole nitrogens is 1. The normalized spacial score (nSPS) is 21.7. The summed E-state index contributed by atoms with van der Waals surface area (Å²) in [7, 11) is 2.12. The second-order valence-electron chi connectivity index (χ2n) is 11.1. The van der Waals surface area contributed by atoms with E-state index in [1.807, 2.05) is 47.6 Å². The number of carbonyl (C=O) groups excluding carboxylic acids is 2. The van der Waals surface area contributed by atoms with Gasteiger partial charge in [0.2, 0.25) is 12.3 Å². The fraction of sp³-hybridized carbons (Fsp3) is 0.548. The molecule has 2 aliphatic heterocycles. The maximum atomic E-state index is 12.6. The van der Waals surface area contributed by atoms with Gasteiger partial charge in [0, 0.05) is 31.2 Å². The van der Waals surface area contributed by atoms with Crippen molar-refractivity contribution in [1.29, 1.82) is 0 Å². The SMILES string of the molecule is CC.CN1CCC(n2c(=O)[nH]c3ncccc32)CC1.O=CNC1CCC(c2cccc(O)c2)CN(CC2CC2)C1=O. The van der Waals surface area contributed by atoms with Crippen molar-refractivity contribution < 1.29 is 14.7 Å². The first-order chi connectivity index (χ1) is 19.9. The lowest BCUT2D eigenvalue weighted by Gasteiger charge is -2.29. The molecule has 4 heterocycles. The van der Waals surface area contributed by atoms with E-state index in [4.69, 9.17) is 0 Å². The molecule has 3 aliphatic rings. The zero-order valence-electron chi connectivity index (χ0n) is 24.5. The molecule has 0 bridgehead atoms. The second-order valence-corrected chi connectivity index (χ2v) is 11.1. The van der Waals surface area contributed by atoms with Gasteiger partial charge < -0.3 is 20.2 Å². The summed E-state index contributed by atoms with van der Waals surface area (Å²) < 4.78 is 1.87. The Balaban J connectivity index is 0.000000183. The number of nitrogens with zero attached hydrogens (tertiary/aromatic N) is 4. The smallest absolute Gasteiger partial charge is 0.327 e. The minimum absolute atomic E-state index is 0.0293. The lowest BCUT2D eigenvalue weighted by atomic mass is 9.93. The van der Waals surface area contributed by atoms with Crippen molar-refractivity contribution in [1.82, 2.24) is 29.7 Å². The summed E-state index contributed by atoms with van der Waals surface area (Å²) in [5.74, 6) is 1.10. The van der Waals surface area contributed by atoms with E-state index in [0.29, 0.717) is 37.0 Å². The average Bonchev–Trinajstić information content (AvgIpc) is 3.76. The maximum Gasteiger partial charge on any atom is 0.327 e. The Morgan fingerprint density at radius 3 is 2.49 bits per heavy atom. The Hall–Kier alpha value is -3.66. The molecule has 0 spiro atoms. The fourth-order valence-corrected chi connectivity index (χ4v) is 5.80. The first-order valence-electron chi connectivity index (χ1n) is 14.9. The van der Waals surface area contributed by atoms with Crippen LogP contribution >= 0.6 is 0 Å². The van der Waals surface area contributed by atoms with Crippen LogP contribution in [-0.4, -0.2) is 81.0 Å². The van der Waals surface area contributed by atoms with E-state index in [-0.39, 0.29) is 23.3 Å².